The highest BCUT2D eigenvalue weighted by Crippen LogP contribution is 2.78. The molecule has 0 N–H and O–H groups in total. The normalized spacial score (nSPS) is 51.5. The lowest BCUT2D eigenvalue weighted by Gasteiger charge is -2.58. The Morgan fingerprint density at radius 1 is 1.16 bits per heavy atom. The van der Waals surface area contributed by atoms with Gasteiger partial charge in [-0.25, -0.2) is 0 Å². The minimum Gasteiger partial charge on any atom is -0.469 e. The molecule has 6 heteroatoms. The maximum Gasteiger partial charge on any atom is 0.309 e. The van der Waals surface area contributed by atoms with Crippen LogP contribution in [-0.2, 0) is 28.6 Å². The molecule has 0 bridgehead atoms. The Balaban J connectivity index is 0.00000204. The van der Waals surface area contributed by atoms with E-state index >= 15 is 0 Å². The highest BCUT2D eigenvalue weighted by atomic mass is 16.6. The van der Waals surface area contributed by atoms with E-state index in [2.05, 4.69) is 13.8 Å². The number of esters is 2. The Morgan fingerprint density at radius 2 is 1.94 bits per heavy atom. The second-order valence-electron chi connectivity index (χ2n) is 11.0. The molecule has 4 unspecified atom stereocenters. The maximum absolute atomic E-state index is 13.0. The maximum atomic E-state index is 13.0. The van der Waals surface area contributed by atoms with Crippen LogP contribution in [-0.4, -0.2) is 42.1 Å². The van der Waals surface area contributed by atoms with E-state index in [-0.39, 0.29) is 59.8 Å². The Morgan fingerprint density at radius 3 is 2.61 bits per heavy atom. The van der Waals surface area contributed by atoms with Crippen LogP contribution in [0.15, 0.2) is 11.6 Å². The number of epoxide rings is 1. The number of ketones is 1. The van der Waals surface area contributed by atoms with Crippen LogP contribution in [0.4, 0.5) is 0 Å². The fourth-order valence-corrected chi connectivity index (χ4v) is 8.69. The SMILES string of the molecule is C.COC(=O)[C@@H]1CC2=CC(=O)CC[C@]2(C)C23OC2C[C@@]2(C)C(CCC24CCC(=O)O4)[C@H]13. The lowest BCUT2D eigenvalue weighted by molar-refractivity contribution is -0.172. The molecule has 6 aliphatic rings. The van der Waals surface area contributed by atoms with Crippen molar-refractivity contribution < 1.29 is 28.6 Å². The van der Waals surface area contributed by atoms with Crippen LogP contribution in [0.1, 0.15) is 72.6 Å². The van der Waals surface area contributed by atoms with E-state index in [4.69, 9.17) is 14.2 Å². The quantitative estimate of drug-likeness (QED) is 0.465. The smallest absolute Gasteiger partial charge is 0.309 e. The summed E-state index contributed by atoms with van der Waals surface area (Å²) in [5, 5.41) is 0. The Kier molecular flexibility index (Phi) is 4.24. The summed E-state index contributed by atoms with van der Waals surface area (Å²) in [6, 6.07) is 0. The first-order valence-corrected chi connectivity index (χ1v) is 11.4. The molecule has 2 aliphatic heterocycles. The van der Waals surface area contributed by atoms with Crippen LogP contribution in [0.5, 0.6) is 0 Å². The summed E-state index contributed by atoms with van der Waals surface area (Å²) in [4.78, 5) is 37.4. The number of carbonyl (C=O) groups excluding carboxylic acids is 3. The standard InChI is InChI=1S/C24H30O6.CH4/c1-21-7-4-14(25)10-13(21)11-15(20(27)28-3)19-16-5-8-23(9-6-18(26)30-23)22(16,2)12-17-24(19,21)29-17;/h10,15-17,19H,4-9,11-12H2,1-3H3;1H4/t15-,16?,17?,19+,21+,22+,23?,24?;/m1./s1. The third-order valence-electron chi connectivity index (χ3n) is 10.2. The summed E-state index contributed by atoms with van der Waals surface area (Å²) >= 11 is 0. The number of hydrogen-bond acceptors (Lipinski definition) is 6. The van der Waals surface area contributed by atoms with Crippen LogP contribution in [0.25, 0.3) is 0 Å². The highest BCUT2D eigenvalue weighted by Gasteiger charge is 2.83. The molecule has 5 fully saturated rings. The number of carbonyl (C=O) groups is 3. The van der Waals surface area contributed by atoms with Gasteiger partial charge in [-0.2, -0.15) is 0 Å². The highest BCUT2D eigenvalue weighted by molar-refractivity contribution is 5.92. The molecular formula is C25H34O6. The van der Waals surface area contributed by atoms with Crippen molar-refractivity contribution >= 4 is 17.7 Å². The zero-order valence-electron chi connectivity index (χ0n) is 18.0. The first kappa shape index (κ1) is 21.2. The average Bonchev–Trinajstić information content (AvgIpc) is 3.20. The first-order valence-electron chi connectivity index (χ1n) is 11.4. The third kappa shape index (κ3) is 2.25. The number of fused-ring (bicyclic) bond motifs is 4. The van der Waals surface area contributed by atoms with Gasteiger partial charge in [0, 0.05) is 29.6 Å². The molecular weight excluding hydrogens is 396 g/mol. The fraction of sp³-hybridized carbons (Fsp3) is 0.800. The molecule has 170 valence electrons. The van der Waals surface area contributed by atoms with Gasteiger partial charge in [0.15, 0.2) is 5.78 Å². The van der Waals surface area contributed by atoms with E-state index in [0.29, 0.717) is 19.3 Å². The molecule has 0 aromatic heterocycles. The Hall–Kier alpha value is -1.69. The van der Waals surface area contributed by atoms with Crippen LogP contribution in [0, 0.1) is 28.6 Å². The number of rotatable bonds is 1. The zero-order valence-corrected chi connectivity index (χ0v) is 18.0. The summed E-state index contributed by atoms with van der Waals surface area (Å²) in [6.45, 7) is 4.51. The molecule has 2 heterocycles. The molecule has 8 atom stereocenters. The minimum atomic E-state index is -0.424. The van der Waals surface area contributed by atoms with Gasteiger partial charge in [0.25, 0.3) is 0 Å². The topological polar surface area (TPSA) is 82.2 Å². The van der Waals surface area contributed by atoms with E-state index in [1.54, 1.807) is 6.08 Å². The van der Waals surface area contributed by atoms with Gasteiger partial charge >= 0.3 is 11.9 Å². The van der Waals surface area contributed by atoms with E-state index in [1.807, 2.05) is 0 Å². The van der Waals surface area contributed by atoms with Crippen molar-refractivity contribution in [3.8, 4) is 0 Å². The zero-order chi connectivity index (χ0) is 21.1. The van der Waals surface area contributed by atoms with Crippen molar-refractivity contribution in [1.82, 2.24) is 0 Å². The summed E-state index contributed by atoms with van der Waals surface area (Å²) < 4.78 is 17.9. The molecule has 6 rings (SSSR count). The molecule has 6 nitrogen and oxygen atoms in total. The van der Waals surface area contributed by atoms with Crippen molar-refractivity contribution in [1.29, 1.82) is 0 Å². The van der Waals surface area contributed by atoms with Gasteiger partial charge in [0.1, 0.15) is 11.2 Å². The first-order chi connectivity index (χ1) is 14.2. The molecule has 0 aromatic carbocycles. The van der Waals surface area contributed by atoms with Gasteiger partial charge in [0.05, 0.1) is 19.1 Å². The monoisotopic (exact) mass is 430 g/mol. The van der Waals surface area contributed by atoms with Crippen LogP contribution >= 0.6 is 0 Å². The summed E-state index contributed by atoms with van der Waals surface area (Å²) in [7, 11) is 1.45. The summed E-state index contributed by atoms with van der Waals surface area (Å²) in [5.74, 6) is -0.201. The lowest BCUT2D eigenvalue weighted by Crippen LogP contribution is -2.63. The van der Waals surface area contributed by atoms with Gasteiger partial charge in [0.2, 0.25) is 0 Å². The molecule has 0 aromatic rings. The summed E-state index contributed by atoms with van der Waals surface area (Å²) in [6.07, 6.45) is 7.61. The Bertz CT molecular complexity index is 908. The van der Waals surface area contributed by atoms with Crippen molar-refractivity contribution in [2.75, 3.05) is 7.11 Å². The van der Waals surface area contributed by atoms with Gasteiger partial charge in [-0.1, -0.05) is 26.8 Å². The fourth-order valence-electron chi connectivity index (χ4n) is 8.69. The van der Waals surface area contributed by atoms with Crippen molar-refractivity contribution in [2.24, 2.45) is 28.6 Å². The number of ether oxygens (including phenoxy) is 3. The van der Waals surface area contributed by atoms with Gasteiger partial charge in [-0.05, 0) is 50.5 Å². The van der Waals surface area contributed by atoms with E-state index < -0.39 is 11.2 Å². The second-order valence-corrected chi connectivity index (χ2v) is 11.0. The minimum absolute atomic E-state index is 0. The molecule has 31 heavy (non-hydrogen) atoms. The van der Waals surface area contributed by atoms with Crippen molar-refractivity contribution in [2.45, 2.75) is 89.9 Å². The predicted molar refractivity (Wildman–Crippen MR) is 112 cm³/mol. The Labute approximate surface area is 184 Å². The largest absolute Gasteiger partial charge is 0.469 e. The molecule has 2 saturated heterocycles. The molecule has 4 aliphatic carbocycles. The van der Waals surface area contributed by atoms with Gasteiger partial charge in [-0.3, -0.25) is 14.4 Å². The predicted octanol–water partition coefficient (Wildman–Crippen LogP) is 3.76. The van der Waals surface area contributed by atoms with Gasteiger partial charge in [-0.15, -0.1) is 0 Å². The van der Waals surface area contributed by atoms with E-state index in [1.165, 1.54) is 7.11 Å². The van der Waals surface area contributed by atoms with Crippen molar-refractivity contribution in [3.05, 3.63) is 11.6 Å². The lowest BCUT2D eigenvalue weighted by atomic mass is 9.43. The van der Waals surface area contributed by atoms with Crippen LogP contribution < -0.4 is 0 Å². The van der Waals surface area contributed by atoms with E-state index in [0.717, 1.165) is 37.7 Å². The molecule has 0 amide bonds. The van der Waals surface area contributed by atoms with Crippen LogP contribution in [0.3, 0.4) is 0 Å². The third-order valence-corrected chi connectivity index (χ3v) is 10.2. The second kappa shape index (κ2) is 6.21. The average molecular weight is 431 g/mol. The van der Waals surface area contributed by atoms with Crippen LogP contribution in [0.2, 0.25) is 0 Å². The van der Waals surface area contributed by atoms with E-state index in [9.17, 15) is 14.4 Å². The molecule has 2 spiro atoms. The number of methoxy groups -OCH3 is 1. The number of hydrogen-bond donors (Lipinski definition) is 0. The molecule has 3 saturated carbocycles. The van der Waals surface area contributed by atoms with Crippen molar-refractivity contribution in [3.63, 3.8) is 0 Å². The molecule has 0 radical (unpaired) electrons. The van der Waals surface area contributed by atoms with Gasteiger partial charge < -0.3 is 14.2 Å². The summed E-state index contributed by atoms with van der Waals surface area (Å²) in [5.41, 5.74) is -0.175.